The minimum absolute atomic E-state index is 0.806. The van der Waals surface area contributed by atoms with Crippen LogP contribution in [0.4, 0.5) is 0 Å². The summed E-state index contributed by atoms with van der Waals surface area (Å²) in [5, 5.41) is 5.98. The second-order valence-electron chi connectivity index (χ2n) is 10.3. The molecule has 3 aromatic rings. The lowest BCUT2D eigenvalue weighted by atomic mass is 10.1. The van der Waals surface area contributed by atoms with Crippen LogP contribution in [0.15, 0.2) is 30.5 Å². The second-order valence-corrected chi connectivity index (χ2v) is 11.3. The molecule has 200 valence electrons. The maximum absolute atomic E-state index is 5.95. The van der Waals surface area contributed by atoms with Gasteiger partial charge >= 0.3 is 0 Å². The monoisotopic (exact) mass is 511 g/mol. The van der Waals surface area contributed by atoms with Crippen molar-refractivity contribution in [3.63, 3.8) is 0 Å². The average molecular weight is 512 g/mol. The molecule has 2 heterocycles. The van der Waals surface area contributed by atoms with E-state index in [4.69, 9.17) is 14.8 Å². The van der Waals surface area contributed by atoms with Crippen LogP contribution in [0.2, 0.25) is 0 Å². The van der Waals surface area contributed by atoms with Gasteiger partial charge in [-0.05, 0) is 37.1 Å². The van der Waals surface area contributed by atoms with Gasteiger partial charge in [0.15, 0.2) is 0 Å². The number of nitrogens with zero attached hydrogens (tertiary/aromatic N) is 3. The zero-order chi connectivity index (χ0) is 25.3. The first-order valence-corrected chi connectivity index (χ1v) is 15.7. The van der Waals surface area contributed by atoms with Crippen molar-refractivity contribution < 1.29 is 4.74 Å². The molecule has 0 spiro atoms. The zero-order valence-corrected chi connectivity index (χ0v) is 23.8. The van der Waals surface area contributed by atoms with E-state index in [1.807, 2.05) is 4.52 Å². The first-order chi connectivity index (χ1) is 17.8. The number of benzene rings is 1. The van der Waals surface area contributed by atoms with Crippen LogP contribution in [0.25, 0.3) is 16.2 Å². The summed E-state index contributed by atoms with van der Waals surface area (Å²) in [4.78, 5) is 5.82. The van der Waals surface area contributed by atoms with E-state index in [0.717, 1.165) is 41.4 Å². The SMILES string of the molecule is CCCCCCCCCCCc1nn2cc(-c3ccc(OCCCCCCCCCC)cc3)nc2s1. The lowest BCUT2D eigenvalue weighted by molar-refractivity contribution is 0.304. The first-order valence-electron chi connectivity index (χ1n) is 14.9. The maximum Gasteiger partial charge on any atom is 0.212 e. The minimum atomic E-state index is 0.806. The molecule has 0 aliphatic rings. The summed E-state index contributed by atoms with van der Waals surface area (Å²) in [6, 6.07) is 8.35. The molecule has 3 rings (SSSR count). The summed E-state index contributed by atoms with van der Waals surface area (Å²) in [6.07, 6.45) is 26.0. The number of fused-ring (bicyclic) bond motifs is 1. The van der Waals surface area contributed by atoms with Gasteiger partial charge in [0.05, 0.1) is 18.5 Å². The van der Waals surface area contributed by atoms with E-state index in [1.54, 1.807) is 11.3 Å². The van der Waals surface area contributed by atoms with Crippen LogP contribution in [0.3, 0.4) is 0 Å². The number of ether oxygens (including phenoxy) is 1. The smallest absolute Gasteiger partial charge is 0.212 e. The number of imidazole rings is 1. The number of rotatable bonds is 21. The molecular formula is C31H49N3OS. The molecule has 0 N–H and O–H groups in total. The normalized spacial score (nSPS) is 11.5. The third kappa shape index (κ3) is 10.6. The summed E-state index contributed by atoms with van der Waals surface area (Å²) in [6.45, 7) is 5.36. The van der Waals surface area contributed by atoms with Gasteiger partial charge in [-0.15, -0.1) is 0 Å². The summed E-state index contributed by atoms with van der Waals surface area (Å²) in [5.41, 5.74) is 2.10. The van der Waals surface area contributed by atoms with Gasteiger partial charge in [0, 0.05) is 12.0 Å². The molecule has 0 saturated heterocycles. The van der Waals surface area contributed by atoms with Crippen LogP contribution in [-0.4, -0.2) is 21.2 Å². The molecule has 5 heteroatoms. The molecule has 2 aromatic heterocycles. The fourth-order valence-corrected chi connectivity index (χ4v) is 5.63. The molecule has 0 radical (unpaired) electrons. The molecule has 0 aliphatic carbocycles. The van der Waals surface area contributed by atoms with Crippen LogP contribution in [0, 0.1) is 0 Å². The van der Waals surface area contributed by atoms with Crippen LogP contribution in [0.5, 0.6) is 5.75 Å². The molecule has 0 fully saturated rings. The van der Waals surface area contributed by atoms with Gasteiger partial charge in [0.25, 0.3) is 0 Å². The molecule has 36 heavy (non-hydrogen) atoms. The van der Waals surface area contributed by atoms with Gasteiger partial charge in [0.2, 0.25) is 4.96 Å². The van der Waals surface area contributed by atoms with Crippen LogP contribution in [0.1, 0.15) is 128 Å². The Hall–Kier alpha value is -1.88. The zero-order valence-electron chi connectivity index (χ0n) is 23.0. The Bertz CT molecular complexity index is 915. The van der Waals surface area contributed by atoms with Gasteiger partial charge in [0.1, 0.15) is 10.8 Å². The first kappa shape index (κ1) is 28.7. The fourth-order valence-electron chi connectivity index (χ4n) is 4.72. The molecule has 0 unspecified atom stereocenters. The highest BCUT2D eigenvalue weighted by atomic mass is 32.1. The lowest BCUT2D eigenvalue weighted by Crippen LogP contribution is -1.97. The Labute approximate surface area is 223 Å². The fraction of sp³-hybridized carbons (Fsp3) is 0.677. The Kier molecular flexibility index (Phi) is 14.0. The highest BCUT2D eigenvalue weighted by molar-refractivity contribution is 7.16. The van der Waals surface area contributed by atoms with E-state index >= 15 is 0 Å². The standard InChI is InChI=1S/C31H49N3OS/c1-3-5-7-9-11-13-14-16-18-20-30-33-34-26-29(32-31(34)36-30)27-21-23-28(24-22-27)35-25-19-17-15-12-10-8-6-4-2/h21-24,26H,3-20,25H2,1-2H3. The van der Waals surface area contributed by atoms with Crippen molar-refractivity contribution in [3.05, 3.63) is 35.5 Å². The van der Waals surface area contributed by atoms with Crippen molar-refractivity contribution >= 4 is 16.3 Å². The molecular weight excluding hydrogens is 462 g/mol. The summed E-state index contributed by atoms with van der Waals surface area (Å²) in [7, 11) is 0. The number of hydrogen-bond donors (Lipinski definition) is 0. The number of hydrogen-bond acceptors (Lipinski definition) is 4. The molecule has 0 atom stereocenters. The van der Waals surface area contributed by atoms with E-state index in [0.29, 0.717) is 0 Å². The molecule has 0 saturated carbocycles. The number of aromatic nitrogens is 3. The van der Waals surface area contributed by atoms with E-state index in [9.17, 15) is 0 Å². The van der Waals surface area contributed by atoms with Crippen molar-refractivity contribution in [1.29, 1.82) is 0 Å². The van der Waals surface area contributed by atoms with E-state index in [1.165, 1.54) is 108 Å². The Morgan fingerprint density at radius 2 is 1.25 bits per heavy atom. The van der Waals surface area contributed by atoms with Gasteiger partial charge in [-0.3, -0.25) is 0 Å². The molecule has 0 bridgehead atoms. The third-order valence-corrected chi connectivity index (χ3v) is 7.98. The molecule has 0 aliphatic heterocycles. The highest BCUT2D eigenvalue weighted by Gasteiger charge is 2.10. The summed E-state index contributed by atoms with van der Waals surface area (Å²) in [5.74, 6) is 0.948. The van der Waals surface area contributed by atoms with E-state index < -0.39 is 0 Å². The van der Waals surface area contributed by atoms with Crippen molar-refractivity contribution in [1.82, 2.24) is 14.6 Å². The molecule has 1 aromatic carbocycles. The van der Waals surface area contributed by atoms with Crippen molar-refractivity contribution in [2.45, 2.75) is 129 Å². The predicted octanol–water partition coefficient (Wildman–Crippen LogP) is 10.1. The van der Waals surface area contributed by atoms with Gasteiger partial charge in [-0.2, -0.15) is 5.10 Å². The van der Waals surface area contributed by atoms with Crippen molar-refractivity contribution in [3.8, 4) is 17.0 Å². The third-order valence-electron chi connectivity index (χ3n) is 7.00. The van der Waals surface area contributed by atoms with Crippen molar-refractivity contribution in [2.24, 2.45) is 0 Å². The largest absolute Gasteiger partial charge is 0.494 e. The van der Waals surface area contributed by atoms with Gasteiger partial charge in [-0.1, -0.05) is 121 Å². The topological polar surface area (TPSA) is 39.4 Å². The molecule has 0 amide bonds. The van der Waals surface area contributed by atoms with Gasteiger partial charge < -0.3 is 4.74 Å². The van der Waals surface area contributed by atoms with Crippen LogP contribution >= 0.6 is 11.3 Å². The number of unbranched alkanes of at least 4 members (excludes halogenated alkanes) is 15. The Balaban J connectivity index is 1.31. The predicted molar refractivity (Wildman–Crippen MR) is 155 cm³/mol. The van der Waals surface area contributed by atoms with Crippen molar-refractivity contribution in [2.75, 3.05) is 6.61 Å². The van der Waals surface area contributed by atoms with Gasteiger partial charge in [-0.25, -0.2) is 9.50 Å². The van der Waals surface area contributed by atoms with E-state index in [-0.39, 0.29) is 0 Å². The minimum Gasteiger partial charge on any atom is -0.494 e. The van der Waals surface area contributed by atoms with E-state index in [2.05, 4.69) is 44.3 Å². The lowest BCUT2D eigenvalue weighted by Gasteiger charge is -2.07. The quantitative estimate of drug-likeness (QED) is 0.134. The highest BCUT2D eigenvalue weighted by Crippen LogP contribution is 2.25. The summed E-state index contributed by atoms with van der Waals surface area (Å²) >= 11 is 1.73. The Morgan fingerprint density at radius 3 is 1.83 bits per heavy atom. The molecule has 4 nitrogen and oxygen atoms in total. The average Bonchev–Trinajstić information content (AvgIpc) is 3.46. The van der Waals surface area contributed by atoms with Crippen LogP contribution < -0.4 is 4.74 Å². The summed E-state index contributed by atoms with van der Waals surface area (Å²) < 4.78 is 7.90. The maximum atomic E-state index is 5.95. The van der Waals surface area contributed by atoms with Crippen LogP contribution in [-0.2, 0) is 6.42 Å². The number of aryl methyl sites for hydroxylation is 1. The second kappa shape index (κ2) is 17.6. The Morgan fingerprint density at radius 1 is 0.694 bits per heavy atom.